The monoisotopic (exact) mass is 177 g/mol. The minimum Gasteiger partial charge on any atom is -0.389 e. The summed E-state index contributed by atoms with van der Waals surface area (Å²) in [4.78, 5) is 0. The van der Waals surface area contributed by atoms with Crippen molar-refractivity contribution in [2.75, 3.05) is 11.9 Å². The lowest BCUT2D eigenvalue weighted by atomic mass is 9.99. The molecule has 0 radical (unpaired) electrons. The van der Waals surface area contributed by atoms with Gasteiger partial charge >= 0.3 is 0 Å². The molecule has 0 amide bonds. The molecule has 70 valence electrons. The molecular formula is C11H15NO. The largest absolute Gasteiger partial charge is 0.389 e. The van der Waals surface area contributed by atoms with Crippen LogP contribution in [0, 0.1) is 0 Å². The van der Waals surface area contributed by atoms with E-state index in [9.17, 15) is 5.11 Å². The molecule has 0 aliphatic carbocycles. The number of aliphatic hydroxyl groups excluding tert-OH is 1. The Balaban J connectivity index is 2.51. The van der Waals surface area contributed by atoms with Crippen LogP contribution in [-0.4, -0.2) is 11.7 Å². The molecule has 1 aromatic carbocycles. The number of para-hydroxylation sites is 1. The molecule has 0 saturated carbocycles. The average molecular weight is 177 g/mol. The number of hydrogen-bond donors (Lipinski definition) is 2. The molecule has 1 aliphatic heterocycles. The van der Waals surface area contributed by atoms with E-state index in [4.69, 9.17) is 0 Å². The molecule has 0 bridgehead atoms. The van der Waals surface area contributed by atoms with Gasteiger partial charge < -0.3 is 10.4 Å². The highest BCUT2D eigenvalue weighted by molar-refractivity contribution is 5.63. The molecule has 0 aromatic heterocycles. The van der Waals surface area contributed by atoms with Crippen molar-refractivity contribution in [3.05, 3.63) is 29.3 Å². The molecule has 1 aliphatic rings. The number of benzene rings is 1. The predicted octanol–water partition coefficient (Wildman–Crippen LogP) is 2.27. The maximum atomic E-state index is 9.53. The minimum atomic E-state index is -0.382. The summed E-state index contributed by atoms with van der Waals surface area (Å²) < 4.78 is 0. The predicted molar refractivity (Wildman–Crippen MR) is 54.0 cm³/mol. The van der Waals surface area contributed by atoms with Gasteiger partial charge in [0.25, 0.3) is 0 Å². The van der Waals surface area contributed by atoms with Gasteiger partial charge in [0.2, 0.25) is 0 Å². The normalized spacial score (nSPS) is 22.2. The molecule has 2 unspecified atom stereocenters. The smallest absolute Gasteiger partial charge is 0.0782 e. The van der Waals surface area contributed by atoms with E-state index < -0.39 is 0 Å². The van der Waals surface area contributed by atoms with Crippen molar-refractivity contribution in [3.8, 4) is 0 Å². The summed E-state index contributed by atoms with van der Waals surface area (Å²) >= 11 is 0. The van der Waals surface area contributed by atoms with E-state index in [0.717, 1.165) is 17.8 Å². The van der Waals surface area contributed by atoms with Gasteiger partial charge in [-0.15, -0.1) is 0 Å². The van der Waals surface area contributed by atoms with Crippen LogP contribution in [0.1, 0.15) is 37.0 Å². The summed E-state index contributed by atoms with van der Waals surface area (Å²) in [5.41, 5.74) is 3.49. The molecule has 1 heterocycles. The second-order valence-corrected chi connectivity index (χ2v) is 3.77. The van der Waals surface area contributed by atoms with E-state index in [2.05, 4.69) is 18.3 Å². The Morgan fingerprint density at radius 2 is 2.31 bits per heavy atom. The van der Waals surface area contributed by atoms with Crippen molar-refractivity contribution in [2.45, 2.75) is 25.9 Å². The van der Waals surface area contributed by atoms with Crippen LogP contribution in [0.2, 0.25) is 0 Å². The van der Waals surface area contributed by atoms with E-state index in [0.29, 0.717) is 5.92 Å². The minimum absolute atomic E-state index is 0.382. The number of aliphatic hydroxyl groups is 1. The summed E-state index contributed by atoms with van der Waals surface area (Å²) in [7, 11) is 0. The third kappa shape index (κ3) is 1.31. The van der Waals surface area contributed by atoms with E-state index >= 15 is 0 Å². The van der Waals surface area contributed by atoms with Gasteiger partial charge in [-0.2, -0.15) is 0 Å². The number of anilines is 1. The SMILES string of the molecule is CC(O)c1cccc2c1NCC2C. The van der Waals surface area contributed by atoms with Gasteiger partial charge in [-0.1, -0.05) is 25.1 Å². The number of rotatable bonds is 1. The zero-order chi connectivity index (χ0) is 9.42. The van der Waals surface area contributed by atoms with Crippen molar-refractivity contribution in [2.24, 2.45) is 0 Å². The Kier molecular flexibility index (Phi) is 2.00. The molecule has 2 N–H and O–H groups in total. The fourth-order valence-corrected chi connectivity index (χ4v) is 1.92. The fraction of sp³-hybridized carbons (Fsp3) is 0.455. The van der Waals surface area contributed by atoms with Crippen LogP contribution in [-0.2, 0) is 0 Å². The first-order valence-electron chi connectivity index (χ1n) is 4.75. The zero-order valence-electron chi connectivity index (χ0n) is 8.04. The molecule has 13 heavy (non-hydrogen) atoms. The summed E-state index contributed by atoms with van der Waals surface area (Å²) in [6, 6.07) is 6.13. The lowest BCUT2D eigenvalue weighted by molar-refractivity contribution is 0.200. The van der Waals surface area contributed by atoms with Gasteiger partial charge in [0.15, 0.2) is 0 Å². The summed E-state index contributed by atoms with van der Waals surface area (Å²) in [5, 5.41) is 12.9. The van der Waals surface area contributed by atoms with Gasteiger partial charge in [-0.05, 0) is 12.5 Å². The molecule has 2 heteroatoms. The van der Waals surface area contributed by atoms with Gasteiger partial charge in [0.1, 0.15) is 0 Å². The maximum Gasteiger partial charge on any atom is 0.0782 e. The van der Waals surface area contributed by atoms with Crippen LogP contribution in [0.5, 0.6) is 0 Å². The Hall–Kier alpha value is -1.02. The quantitative estimate of drug-likeness (QED) is 0.689. The van der Waals surface area contributed by atoms with Crippen molar-refractivity contribution in [1.29, 1.82) is 0 Å². The van der Waals surface area contributed by atoms with Gasteiger partial charge in [0.05, 0.1) is 6.10 Å². The Morgan fingerprint density at radius 3 is 3.00 bits per heavy atom. The van der Waals surface area contributed by atoms with Gasteiger partial charge in [-0.25, -0.2) is 0 Å². The van der Waals surface area contributed by atoms with Crippen molar-refractivity contribution in [3.63, 3.8) is 0 Å². The van der Waals surface area contributed by atoms with Crippen LogP contribution in [0.15, 0.2) is 18.2 Å². The molecule has 2 atom stereocenters. The Bertz CT molecular complexity index is 320. The molecule has 2 rings (SSSR count). The molecule has 0 fully saturated rings. The molecule has 1 aromatic rings. The first kappa shape index (κ1) is 8.57. The van der Waals surface area contributed by atoms with Crippen LogP contribution in [0.25, 0.3) is 0 Å². The van der Waals surface area contributed by atoms with Crippen molar-refractivity contribution in [1.82, 2.24) is 0 Å². The van der Waals surface area contributed by atoms with Crippen LogP contribution in [0.4, 0.5) is 5.69 Å². The first-order valence-corrected chi connectivity index (χ1v) is 4.75. The van der Waals surface area contributed by atoms with E-state index in [1.165, 1.54) is 5.56 Å². The fourth-order valence-electron chi connectivity index (χ4n) is 1.92. The Morgan fingerprint density at radius 1 is 1.54 bits per heavy atom. The third-order valence-corrected chi connectivity index (χ3v) is 2.69. The van der Waals surface area contributed by atoms with Crippen LogP contribution >= 0.6 is 0 Å². The number of hydrogen-bond acceptors (Lipinski definition) is 2. The number of fused-ring (bicyclic) bond motifs is 1. The highest BCUT2D eigenvalue weighted by atomic mass is 16.3. The topological polar surface area (TPSA) is 32.3 Å². The highest BCUT2D eigenvalue weighted by Gasteiger charge is 2.21. The maximum absolute atomic E-state index is 9.53. The van der Waals surface area contributed by atoms with E-state index in [-0.39, 0.29) is 6.10 Å². The van der Waals surface area contributed by atoms with Gasteiger partial charge in [-0.3, -0.25) is 0 Å². The number of nitrogens with one attached hydrogen (secondary N) is 1. The van der Waals surface area contributed by atoms with E-state index in [1.54, 1.807) is 6.92 Å². The summed E-state index contributed by atoms with van der Waals surface area (Å²) in [5.74, 6) is 0.564. The standard InChI is InChI=1S/C11H15NO/c1-7-6-12-11-9(7)4-3-5-10(11)8(2)13/h3-5,7-8,12-13H,6H2,1-2H3. The highest BCUT2D eigenvalue weighted by Crippen LogP contribution is 2.36. The Labute approximate surface area is 78.6 Å². The van der Waals surface area contributed by atoms with E-state index in [1.807, 2.05) is 12.1 Å². The molecule has 0 spiro atoms. The van der Waals surface area contributed by atoms with Crippen LogP contribution < -0.4 is 5.32 Å². The summed E-state index contributed by atoms with van der Waals surface area (Å²) in [6.07, 6.45) is -0.382. The van der Waals surface area contributed by atoms with Crippen molar-refractivity contribution >= 4 is 5.69 Å². The van der Waals surface area contributed by atoms with Crippen LogP contribution in [0.3, 0.4) is 0 Å². The lowest BCUT2D eigenvalue weighted by Gasteiger charge is -2.11. The molecule has 0 saturated heterocycles. The average Bonchev–Trinajstić information content (AvgIpc) is 2.48. The second kappa shape index (κ2) is 3.04. The van der Waals surface area contributed by atoms with Gasteiger partial charge in [0, 0.05) is 23.7 Å². The third-order valence-electron chi connectivity index (χ3n) is 2.69. The zero-order valence-corrected chi connectivity index (χ0v) is 8.04. The second-order valence-electron chi connectivity index (χ2n) is 3.77. The molecular weight excluding hydrogens is 162 g/mol. The van der Waals surface area contributed by atoms with Crippen molar-refractivity contribution < 1.29 is 5.11 Å². The lowest BCUT2D eigenvalue weighted by Crippen LogP contribution is -1.99. The molecule has 2 nitrogen and oxygen atoms in total. The first-order chi connectivity index (χ1) is 6.20. The summed E-state index contributed by atoms with van der Waals surface area (Å²) in [6.45, 7) is 4.99.